The molecule has 0 saturated carbocycles. The first kappa shape index (κ1) is 5.91. The van der Waals surface area contributed by atoms with Crippen LogP contribution >= 0.6 is 11.8 Å². The molecule has 0 spiro atoms. The maximum Gasteiger partial charge on any atom is 0.358 e. The molecule has 0 bridgehead atoms. The minimum Gasteiger partial charge on any atom is -0.424 e. The average Bonchev–Trinajstić information content (AvgIpc) is 2.41. The monoisotopic (exact) mass is 158 g/mol. The number of nitrogens with one attached hydrogen (secondary N) is 1. The summed E-state index contributed by atoms with van der Waals surface area (Å²) in [7, 11) is 0. The van der Waals surface area contributed by atoms with E-state index in [1.54, 1.807) is 11.8 Å². The van der Waals surface area contributed by atoms with Crippen LogP contribution in [0.5, 0.6) is 0 Å². The highest BCUT2D eigenvalue weighted by Crippen LogP contribution is 2.26. The highest BCUT2D eigenvalue weighted by atomic mass is 32.2. The zero-order valence-electron chi connectivity index (χ0n) is 5.13. The number of fused-ring (bicyclic) bond motifs is 1. The zero-order valence-corrected chi connectivity index (χ0v) is 5.94. The van der Waals surface area contributed by atoms with E-state index in [-0.39, 0.29) is 0 Å². The topological polar surface area (TPSA) is 58.0 Å². The molecule has 1 aromatic heterocycles. The fourth-order valence-electron chi connectivity index (χ4n) is 1.02. The van der Waals surface area contributed by atoms with Gasteiger partial charge in [-0.15, -0.1) is 16.5 Å². The van der Waals surface area contributed by atoms with Gasteiger partial charge in [0.15, 0.2) is 0 Å². The molecule has 0 aromatic carbocycles. The average molecular weight is 158 g/mol. The summed E-state index contributed by atoms with van der Waals surface area (Å²) < 4.78 is 0.690. The zero-order chi connectivity index (χ0) is 7.14. The van der Waals surface area contributed by atoms with Crippen molar-refractivity contribution >= 4 is 11.8 Å². The van der Waals surface area contributed by atoms with Crippen LogP contribution in [0.15, 0.2) is 4.79 Å². The minimum atomic E-state index is -0.426. The molecule has 1 aromatic rings. The number of H-pyrrole nitrogens is 1. The van der Waals surface area contributed by atoms with Crippen molar-refractivity contribution in [2.45, 2.75) is 11.5 Å². The number of thioether (sulfide) groups is 1. The van der Waals surface area contributed by atoms with Crippen LogP contribution in [-0.4, -0.2) is 14.9 Å². The number of aromatic nitrogens is 2. The predicted molar refractivity (Wildman–Crippen MR) is 37.2 cm³/mol. The second-order valence-electron chi connectivity index (χ2n) is 2.16. The van der Waals surface area contributed by atoms with Gasteiger partial charge in [-0.2, -0.15) is 0 Å². The summed E-state index contributed by atoms with van der Waals surface area (Å²) in [6.45, 7) is 0. The van der Waals surface area contributed by atoms with Gasteiger partial charge in [-0.25, -0.2) is 4.79 Å². The summed E-state index contributed by atoms with van der Waals surface area (Å²) in [5.74, 6) is 1.53. The summed E-state index contributed by atoms with van der Waals surface area (Å²) >= 11 is 1.68. The second kappa shape index (κ2) is 1.82. The molecular formula is C5H6N2O2S. The lowest BCUT2D eigenvalue weighted by molar-refractivity contribution is 0.169. The Morgan fingerprint density at radius 3 is 3.10 bits per heavy atom. The highest BCUT2D eigenvalue weighted by molar-refractivity contribution is 7.98. The lowest BCUT2D eigenvalue weighted by Crippen LogP contribution is -2.15. The molecule has 2 rings (SSSR count). The van der Waals surface area contributed by atoms with Gasteiger partial charge in [-0.3, -0.25) is 0 Å². The molecule has 0 unspecified atom stereocenters. The summed E-state index contributed by atoms with van der Waals surface area (Å²) in [5.41, 5.74) is 1.15. The number of nitrogens with zero attached hydrogens (tertiary/aromatic N) is 1. The largest absolute Gasteiger partial charge is 0.424 e. The van der Waals surface area contributed by atoms with Gasteiger partial charge in [0.25, 0.3) is 0 Å². The van der Waals surface area contributed by atoms with Crippen molar-refractivity contribution in [1.29, 1.82) is 0 Å². The Hall–Kier alpha value is -0.840. The van der Waals surface area contributed by atoms with Crippen molar-refractivity contribution in [3.05, 3.63) is 21.9 Å². The van der Waals surface area contributed by atoms with Gasteiger partial charge in [0.2, 0.25) is 0 Å². The fourth-order valence-corrected chi connectivity index (χ4v) is 2.06. The van der Waals surface area contributed by atoms with E-state index in [4.69, 9.17) is 5.21 Å². The van der Waals surface area contributed by atoms with Crippen molar-refractivity contribution in [2.24, 2.45) is 0 Å². The lowest BCUT2D eigenvalue weighted by atomic mass is 10.4. The van der Waals surface area contributed by atoms with Gasteiger partial charge < -0.3 is 10.2 Å². The standard InChI is InChI=1S/C5H6N2O2S/c8-5-6-3-1-10-2-4(3)7(5)9/h9H,1-2H2,(H,6,8). The molecule has 10 heavy (non-hydrogen) atoms. The maximum absolute atomic E-state index is 10.7. The van der Waals surface area contributed by atoms with Crippen molar-refractivity contribution < 1.29 is 5.21 Å². The summed E-state index contributed by atoms with van der Waals surface area (Å²) in [4.78, 5) is 13.3. The minimum absolute atomic E-state index is 0.426. The quantitative estimate of drug-likeness (QED) is 0.529. The van der Waals surface area contributed by atoms with Crippen LogP contribution in [-0.2, 0) is 11.5 Å². The molecule has 2 heterocycles. The molecule has 0 atom stereocenters. The lowest BCUT2D eigenvalue weighted by Gasteiger charge is -1.89. The maximum atomic E-state index is 10.7. The third-order valence-corrected chi connectivity index (χ3v) is 2.51. The van der Waals surface area contributed by atoms with E-state index in [1.165, 1.54) is 0 Å². The normalized spacial score (nSPS) is 15.6. The molecule has 0 amide bonds. The Balaban J connectivity index is 2.70. The number of hydrogen-bond acceptors (Lipinski definition) is 3. The van der Waals surface area contributed by atoms with E-state index in [0.29, 0.717) is 4.73 Å². The third kappa shape index (κ3) is 0.607. The van der Waals surface area contributed by atoms with Gasteiger partial charge in [-0.05, 0) is 0 Å². The van der Waals surface area contributed by atoms with Crippen molar-refractivity contribution in [2.75, 3.05) is 0 Å². The molecule has 0 saturated heterocycles. The van der Waals surface area contributed by atoms with E-state index in [0.717, 1.165) is 22.9 Å². The number of imidazole rings is 1. The second-order valence-corrected chi connectivity index (χ2v) is 3.15. The molecule has 5 heteroatoms. The summed E-state index contributed by atoms with van der Waals surface area (Å²) in [5, 5.41) is 9.02. The summed E-state index contributed by atoms with van der Waals surface area (Å²) in [6, 6.07) is 0. The molecule has 1 aliphatic heterocycles. The smallest absolute Gasteiger partial charge is 0.358 e. The summed E-state index contributed by atoms with van der Waals surface area (Å²) in [6.07, 6.45) is 0. The predicted octanol–water partition coefficient (Wildman–Crippen LogP) is 0.160. The van der Waals surface area contributed by atoms with Crippen LogP contribution in [0.4, 0.5) is 0 Å². The first-order valence-electron chi connectivity index (χ1n) is 2.89. The van der Waals surface area contributed by atoms with E-state index < -0.39 is 5.69 Å². The van der Waals surface area contributed by atoms with Crippen LogP contribution < -0.4 is 5.69 Å². The first-order chi connectivity index (χ1) is 4.79. The number of aromatic amines is 1. The molecule has 2 N–H and O–H groups in total. The Morgan fingerprint density at radius 2 is 2.40 bits per heavy atom. The Kier molecular flexibility index (Phi) is 1.08. The van der Waals surface area contributed by atoms with E-state index in [9.17, 15) is 4.79 Å². The molecule has 0 radical (unpaired) electrons. The molecular weight excluding hydrogens is 152 g/mol. The van der Waals surface area contributed by atoms with E-state index >= 15 is 0 Å². The van der Waals surface area contributed by atoms with Gasteiger partial charge in [0, 0.05) is 11.5 Å². The van der Waals surface area contributed by atoms with E-state index in [1.807, 2.05) is 0 Å². The molecule has 4 nitrogen and oxygen atoms in total. The third-order valence-electron chi connectivity index (χ3n) is 1.54. The van der Waals surface area contributed by atoms with Crippen LogP contribution in [0.2, 0.25) is 0 Å². The van der Waals surface area contributed by atoms with Crippen LogP contribution in [0.25, 0.3) is 0 Å². The molecule has 0 fully saturated rings. The number of hydrogen-bond donors (Lipinski definition) is 2. The van der Waals surface area contributed by atoms with Gasteiger partial charge >= 0.3 is 5.69 Å². The molecule has 54 valence electrons. The van der Waals surface area contributed by atoms with Crippen LogP contribution in [0.3, 0.4) is 0 Å². The van der Waals surface area contributed by atoms with Crippen LogP contribution in [0.1, 0.15) is 11.4 Å². The Labute approximate surface area is 60.8 Å². The van der Waals surface area contributed by atoms with Gasteiger partial charge in [-0.1, -0.05) is 0 Å². The number of rotatable bonds is 0. The van der Waals surface area contributed by atoms with Crippen molar-refractivity contribution in [1.82, 2.24) is 9.71 Å². The first-order valence-corrected chi connectivity index (χ1v) is 4.04. The van der Waals surface area contributed by atoms with Crippen molar-refractivity contribution in [3.8, 4) is 0 Å². The van der Waals surface area contributed by atoms with E-state index in [2.05, 4.69) is 4.98 Å². The SMILES string of the molecule is O=c1[nH]c2c(n1O)CSC2. The van der Waals surface area contributed by atoms with Gasteiger partial charge in [0.05, 0.1) is 11.4 Å². The molecule has 0 aliphatic carbocycles. The Morgan fingerprint density at radius 1 is 1.60 bits per heavy atom. The van der Waals surface area contributed by atoms with Gasteiger partial charge in [0.1, 0.15) is 0 Å². The Bertz CT molecular complexity index is 314. The highest BCUT2D eigenvalue weighted by Gasteiger charge is 2.18. The van der Waals surface area contributed by atoms with Crippen LogP contribution in [0, 0.1) is 0 Å². The molecule has 1 aliphatic rings. The fraction of sp³-hybridized carbons (Fsp3) is 0.400. The van der Waals surface area contributed by atoms with Crippen molar-refractivity contribution in [3.63, 3.8) is 0 Å².